The van der Waals surface area contributed by atoms with Crippen molar-refractivity contribution in [3.63, 3.8) is 0 Å². The van der Waals surface area contributed by atoms with Gasteiger partial charge in [-0.15, -0.1) is 5.10 Å². The lowest BCUT2D eigenvalue weighted by atomic mass is 9.95. The van der Waals surface area contributed by atoms with Crippen molar-refractivity contribution < 1.29 is 9.53 Å². The van der Waals surface area contributed by atoms with E-state index in [4.69, 9.17) is 4.74 Å². The smallest absolute Gasteiger partial charge is 0.274 e. The van der Waals surface area contributed by atoms with E-state index < -0.39 is 0 Å². The minimum atomic E-state index is -0.126. The van der Waals surface area contributed by atoms with Crippen molar-refractivity contribution in [1.29, 1.82) is 0 Å². The van der Waals surface area contributed by atoms with Gasteiger partial charge in [0.2, 0.25) is 0 Å². The number of hydrogen-bond acceptors (Lipinski definition) is 4. The number of nitrogens with one attached hydrogen (secondary N) is 1. The molecule has 1 aromatic heterocycles. The van der Waals surface area contributed by atoms with Crippen LogP contribution >= 0.6 is 15.9 Å². The molecule has 7 heteroatoms. The van der Waals surface area contributed by atoms with E-state index in [0.717, 1.165) is 28.6 Å². The molecule has 1 fully saturated rings. The molecule has 0 unspecified atom stereocenters. The molecule has 1 atom stereocenters. The summed E-state index contributed by atoms with van der Waals surface area (Å²) in [5, 5.41) is 11.4. The molecule has 0 spiro atoms. The third kappa shape index (κ3) is 3.62. The van der Waals surface area contributed by atoms with Crippen LogP contribution in [0.3, 0.4) is 0 Å². The monoisotopic (exact) mass is 404 g/mol. The molecule has 2 aliphatic rings. The second-order valence-corrected chi connectivity index (χ2v) is 7.64. The van der Waals surface area contributed by atoms with Gasteiger partial charge in [-0.1, -0.05) is 52.5 Å². The van der Waals surface area contributed by atoms with Gasteiger partial charge >= 0.3 is 0 Å². The Kier molecular flexibility index (Phi) is 4.85. The van der Waals surface area contributed by atoms with Crippen molar-refractivity contribution in [3.8, 4) is 0 Å². The van der Waals surface area contributed by atoms with E-state index in [0.29, 0.717) is 18.8 Å². The second-order valence-electron chi connectivity index (χ2n) is 6.73. The van der Waals surface area contributed by atoms with E-state index in [1.54, 1.807) is 4.68 Å². The molecule has 6 nitrogen and oxygen atoms in total. The minimum Gasteiger partial charge on any atom is -0.365 e. The molecule has 2 aromatic rings. The molecule has 1 saturated carbocycles. The minimum absolute atomic E-state index is 0.0726. The average molecular weight is 405 g/mol. The molecule has 4 rings (SSSR count). The van der Waals surface area contributed by atoms with Gasteiger partial charge in [0.25, 0.3) is 5.91 Å². The lowest BCUT2D eigenvalue weighted by molar-refractivity contribution is -0.00179. The van der Waals surface area contributed by atoms with Gasteiger partial charge in [0.05, 0.1) is 18.8 Å². The Morgan fingerprint density at radius 1 is 1.20 bits per heavy atom. The van der Waals surface area contributed by atoms with E-state index in [-0.39, 0.29) is 18.1 Å². The Morgan fingerprint density at radius 2 is 1.96 bits per heavy atom. The lowest BCUT2D eigenvalue weighted by Gasteiger charge is -2.25. The van der Waals surface area contributed by atoms with Crippen LogP contribution in [-0.2, 0) is 17.9 Å². The van der Waals surface area contributed by atoms with Gasteiger partial charge in [-0.25, -0.2) is 4.68 Å². The predicted molar refractivity (Wildman–Crippen MR) is 96.0 cm³/mol. The fourth-order valence-electron chi connectivity index (χ4n) is 3.57. The summed E-state index contributed by atoms with van der Waals surface area (Å²) in [7, 11) is 0. The van der Waals surface area contributed by atoms with E-state index in [9.17, 15) is 4.79 Å². The number of carbonyl (C=O) groups is 1. The Balaban J connectivity index is 1.46. The van der Waals surface area contributed by atoms with Crippen LogP contribution < -0.4 is 5.32 Å². The van der Waals surface area contributed by atoms with Gasteiger partial charge in [-0.2, -0.15) is 0 Å². The summed E-state index contributed by atoms with van der Waals surface area (Å²) < 4.78 is 8.81. The van der Waals surface area contributed by atoms with Crippen LogP contribution in [0.5, 0.6) is 0 Å². The van der Waals surface area contributed by atoms with Crippen LogP contribution in [0, 0.1) is 0 Å². The van der Waals surface area contributed by atoms with E-state index in [2.05, 4.69) is 31.6 Å². The van der Waals surface area contributed by atoms with Gasteiger partial charge in [0, 0.05) is 10.5 Å². The van der Waals surface area contributed by atoms with E-state index >= 15 is 0 Å². The maximum atomic E-state index is 12.5. The van der Waals surface area contributed by atoms with Crippen molar-refractivity contribution in [2.45, 2.75) is 57.4 Å². The number of carbonyl (C=O) groups excluding carboxylic acids is 1. The number of amides is 1. The van der Waals surface area contributed by atoms with E-state index in [1.807, 2.05) is 24.3 Å². The molecular formula is C18H21BrN4O2. The highest BCUT2D eigenvalue weighted by atomic mass is 79.9. The van der Waals surface area contributed by atoms with Gasteiger partial charge in [0.1, 0.15) is 6.10 Å². The molecule has 0 saturated heterocycles. The molecule has 1 aromatic carbocycles. The normalized spacial score (nSPS) is 20.9. The molecule has 1 amide bonds. The van der Waals surface area contributed by atoms with Crippen LogP contribution in [0.15, 0.2) is 28.7 Å². The summed E-state index contributed by atoms with van der Waals surface area (Å²) in [6.45, 7) is 0.918. The molecule has 25 heavy (non-hydrogen) atoms. The second kappa shape index (κ2) is 7.25. The van der Waals surface area contributed by atoms with Crippen molar-refractivity contribution in [1.82, 2.24) is 20.3 Å². The Hall–Kier alpha value is -1.73. The Morgan fingerprint density at radius 3 is 2.72 bits per heavy atom. The molecule has 0 bridgehead atoms. The summed E-state index contributed by atoms with van der Waals surface area (Å²) >= 11 is 3.44. The standard InChI is InChI=1S/C18H21BrN4O2/c19-13-8-6-12(7-9-13)16-10-23-15(11-25-16)17(21-22-23)18(24)20-14-4-2-1-3-5-14/h6-9,14,16H,1-5,10-11H2,(H,20,24)/t16-/m0/s1. The zero-order valence-corrected chi connectivity index (χ0v) is 15.5. The first kappa shape index (κ1) is 16.7. The molecule has 1 N–H and O–H groups in total. The molecule has 132 valence electrons. The van der Waals surface area contributed by atoms with Gasteiger partial charge in [0.15, 0.2) is 5.69 Å². The number of rotatable bonds is 3. The summed E-state index contributed by atoms with van der Waals surface area (Å²) in [6.07, 6.45) is 5.66. The predicted octanol–water partition coefficient (Wildman–Crippen LogP) is 3.37. The van der Waals surface area contributed by atoms with Gasteiger partial charge in [-0.05, 0) is 30.5 Å². The maximum Gasteiger partial charge on any atom is 0.274 e. The van der Waals surface area contributed by atoms with E-state index in [1.165, 1.54) is 19.3 Å². The number of ether oxygens (including phenoxy) is 1. The zero-order valence-electron chi connectivity index (χ0n) is 13.9. The number of benzene rings is 1. The SMILES string of the molecule is O=C(NC1CCCCC1)c1nnn2c1CO[C@H](c1ccc(Br)cc1)C2. The highest BCUT2D eigenvalue weighted by molar-refractivity contribution is 9.10. The number of fused-ring (bicyclic) bond motifs is 1. The molecule has 2 heterocycles. The third-order valence-electron chi connectivity index (χ3n) is 4.99. The van der Waals surface area contributed by atoms with Crippen LogP contribution in [0.25, 0.3) is 0 Å². The average Bonchev–Trinajstić information content (AvgIpc) is 3.06. The highest BCUT2D eigenvalue weighted by Gasteiger charge is 2.28. The number of aromatic nitrogens is 3. The molecule has 1 aliphatic heterocycles. The van der Waals surface area contributed by atoms with Crippen LogP contribution in [-0.4, -0.2) is 26.9 Å². The van der Waals surface area contributed by atoms with Crippen LogP contribution in [0.2, 0.25) is 0 Å². The summed E-state index contributed by atoms with van der Waals surface area (Å²) in [6, 6.07) is 8.33. The fourth-order valence-corrected chi connectivity index (χ4v) is 3.83. The summed E-state index contributed by atoms with van der Waals surface area (Å²) in [5.41, 5.74) is 2.26. The summed E-state index contributed by atoms with van der Waals surface area (Å²) in [5.74, 6) is -0.126. The van der Waals surface area contributed by atoms with Crippen LogP contribution in [0.1, 0.15) is 60.0 Å². The first-order chi connectivity index (χ1) is 12.2. The van der Waals surface area contributed by atoms with Crippen LogP contribution in [0.4, 0.5) is 0 Å². The number of halogens is 1. The van der Waals surface area contributed by atoms with Crippen molar-refractivity contribution in [3.05, 3.63) is 45.7 Å². The topological polar surface area (TPSA) is 69.0 Å². The summed E-state index contributed by atoms with van der Waals surface area (Å²) in [4.78, 5) is 12.5. The quantitative estimate of drug-likeness (QED) is 0.850. The first-order valence-electron chi connectivity index (χ1n) is 8.81. The zero-order chi connectivity index (χ0) is 17.2. The Labute approximate surface area is 155 Å². The molecule has 1 aliphatic carbocycles. The van der Waals surface area contributed by atoms with Crippen molar-refractivity contribution in [2.24, 2.45) is 0 Å². The highest BCUT2D eigenvalue weighted by Crippen LogP contribution is 2.28. The Bertz CT molecular complexity index is 753. The fraction of sp³-hybridized carbons (Fsp3) is 0.500. The molecule has 0 radical (unpaired) electrons. The maximum absolute atomic E-state index is 12.5. The van der Waals surface area contributed by atoms with Crippen molar-refractivity contribution in [2.75, 3.05) is 0 Å². The third-order valence-corrected chi connectivity index (χ3v) is 5.52. The lowest BCUT2D eigenvalue weighted by Crippen LogP contribution is -2.37. The largest absolute Gasteiger partial charge is 0.365 e. The first-order valence-corrected chi connectivity index (χ1v) is 9.60. The van der Waals surface area contributed by atoms with Gasteiger partial charge < -0.3 is 10.1 Å². The van der Waals surface area contributed by atoms with Crippen molar-refractivity contribution >= 4 is 21.8 Å². The number of hydrogen-bond donors (Lipinski definition) is 1. The number of nitrogens with zero attached hydrogens (tertiary/aromatic N) is 3. The van der Waals surface area contributed by atoms with Gasteiger partial charge in [-0.3, -0.25) is 4.79 Å². The molecular weight excluding hydrogens is 384 g/mol.